The van der Waals surface area contributed by atoms with Crippen molar-refractivity contribution in [3.63, 3.8) is 0 Å². The second-order valence-electron chi connectivity index (χ2n) is 4.83. The first-order chi connectivity index (χ1) is 10.6. The van der Waals surface area contributed by atoms with Gasteiger partial charge in [-0.1, -0.05) is 18.2 Å². The van der Waals surface area contributed by atoms with Crippen molar-refractivity contribution in [2.45, 2.75) is 5.72 Å². The van der Waals surface area contributed by atoms with Gasteiger partial charge in [0.2, 0.25) is 0 Å². The Morgan fingerprint density at radius 2 is 1.86 bits per heavy atom. The van der Waals surface area contributed by atoms with Crippen LogP contribution in [0.25, 0.3) is 0 Å². The molecule has 1 unspecified atom stereocenters. The summed E-state index contributed by atoms with van der Waals surface area (Å²) in [6.07, 6.45) is 0. The molecule has 0 bridgehead atoms. The maximum atomic E-state index is 12.0. The molecule has 1 atom stereocenters. The van der Waals surface area contributed by atoms with E-state index in [0.717, 1.165) is 0 Å². The average molecular weight is 298 g/mol. The molecule has 0 spiro atoms. The minimum Gasteiger partial charge on any atom is -0.497 e. The van der Waals surface area contributed by atoms with Gasteiger partial charge in [0.15, 0.2) is 0 Å². The number of carbonyl (C=O) groups excluding carboxylic acids is 2. The number of carbonyl (C=O) groups is 2. The van der Waals surface area contributed by atoms with Crippen molar-refractivity contribution in [3.05, 3.63) is 59.7 Å². The van der Waals surface area contributed by atoms with Crippen molar-refractivity contribution in [1.29, 1.82) is 0 Å². The molecule has 3 rings (SSSR count). The smallest absolute Gasteiger partial charge is 0.341 e. The minimum absolute atomic E-state index is 0.322. The summed E-state index contributed by atoms with van der Waals surface area (Å²) in [5.74, 6) is -0.709. The molecule has 0 aliphatic carbocycles. The predicted molar refractivity (Wildman–Crippen MR) is 79.3 cm³/mol. The van der Waals surface area contributed by atoms with Gasteiger partial charge in [0.1, 0.15) is 5.75 Å². The number of rotatable bonds is 4. The Bertz CT molecular complexity index is 742. The summed E-state index contributed by atoms with van der Waals surface area (Å²) in [5, 5.41) is 2.92. The SMILES string of the molecule is COc1ccc(NC2(C(N)=O)OC(=O)c3ccccc32)cc1. The Morgan fingerprint density at radius 3 is 2.50 bits per heavy atom. The normalized spacial score (nSPS) is 19.2. The third-order valence-electron chi connectivity index (χ3n) is 3.53. The highest BCUT2D eigenvalue weighted by Crippen LogP contribution is 2.37. The summed E-state index contributed by atoms with van der Waals surface area (Å²) in [5.41, 5.74) is 5.10. The maximum absolute atomic E-state index is 12.0. The Labute approximate surface area is 126 Å². The second kappa shape index (κ2) is 5.07. The maximum Gasteiger partial charge on any atom is 0.341 e. The van der Waals surface area contributed by atoms with Crippen LogP contribution < -0.4 is 15.8 Å². The predicted octanol–water partition coefficient (Wildman–Crippen LogP) is 1.62. The number of cyclic esters (lactones) is 1. The lowest BCUT2D eigenvalue weighted by atomic mass is 9.99. The van der Waals surface area contributed by atoms with Gasteiger partial charge < -0.3 is 20.5 Å². The summed E-state index contributed by atoms with van der Waals surface area (Å²) >= 11 is 0. The average Bonchev–Trinajstić information content (AvgIpc) is 2.82. The zero-order valence-electron chi connectivity index (χ0n) is 11.8. The van der Waals surface area contributed by atoms with Crippen LogP contribution in [-0.4, -0.2) is 19.0 Å². The van der Waals surface area contributed by atoms with Crippen molar-refractivity contribution in [2.75, 3.05) is 12.4 Å². The fourth-order valence-corrected chi connectivity index (χ4v) is 2.43. The first kappa shape index (κ1) is 13.9. The third kappa shape index (κ3) is 2.05. The molecule has 0 fully saturated rings. The summed E-state index contributed by atoms with van der Waals surface area (Å²) < 4.78 is 10.4. The molecule has 2 aromatic carbocycles. The van der Waals surface area contributed by atoms with E-state index in [1.807, 2.05) is 0 Å². The number of ether oxygens (including phenoxy) is 2. The van der Waals surface area contributed by atoms with Crippen LogP contribution in [0.2, 0.25) is 0 Å². The molecule has 2 aromatic rings. The molecule has 1 heterocycles. The Hall–Kier alpha value is -3.02. The first-order valence-electron chi connectivity index (χ1n) is 6.62. The molecule has 6 nitrogen and oxygen atoms in total. The van der Waals surface area contributed by atoms with E-state index in [4.69, 9.17) is 15.2 Å². The number of benzene rings is 2. The summed E-state index contributed by atoms with van der Waals surface area (Å²) in [4.78, 5) is 24.0. The van der Waals surface area contributed by atoms with Crippen molar-refractivity contribution in [1.82, 2.24) is 0 Å². The first-order valence-corrected chi connectivity index (χ1v) is 6.62. The number of hydrogen-bond acceptors (Lipinski definition) is 5. The Morgan fingerprint density at radius 1 is 1.18 bits per heavy atom. The van der Waals surface area contributed by atoms with E-state index in [1.54, 1.807) is 55.6 Å². The lowest BCUT2D eigenvalue weighted by molar-refractivity contribution is -0.134. The van der Waals surface area contributed by atoms with Crippen LogP contribution in [0.4, 0.5) is 5.69 Å². The van der Waals surface area contributed by atoms with Crippen LogP contribution >= 0.6 is 0 Å². The lowest BCUT2D eigenvalue weighted by Gasteiger charge is -2.27. The fraction of sp³-hybridized carbons (Fsp3) is 0.125. The van der Waals surface area contributed by atoms with Gasteiger partial charge in [-0.05, 0) is 30.3 Å². The molecule has 1 aliphatic rings. The number of nitrogens with two attached hydrogens (primary N) is 1. The highest BCUT2D eigenvalue weighted by Gasteiger charge is 2.50. The summed E-state index contributed by atoms with van der Waals surface area (Å²) in [6, 6.07) is 13.5. The Balaban J connectivity index is 2.03. The van der Waals surface area contributed by atoms with E-state index in [0.29, 0.717) is 22.6 Å². The number of primary amides is 1. The quantitative estimate of drug-likeness (QED) is 0.837. The van der Waals surface area contributed by atoms with Crippen LogP contribution in [0.1, 0.15) is 15.9 Å². The zero-order valence-corrected chi connectivity index (χ0v) is 11.8. The van der Waals surface area contributed by atoms with Crippen molar-refractivity contribution < 1.29 is 19.1 Å². The number of esters is 1. The monoisotopic (exact) mass is 298 g/mol. The largest absolute Gasteiger partial charge is 0.497 e. The van der Waals surface area contributed by atoms with Crippen LogP contribution in [0.3, 0.4) is 0 Å². The number of fused-ring (bicyclic) bond motifs is 1. The van der Waals surface area contributed by atoms with E-state index in [9.17, 15) is 9.59 Å². The van der Waals surface area contributed by atoms with E-state index < -0.39 is 17.6 Å². The molecule has 0 saturated heterocycles. The van der Waals surface area contributed by atoms with Crippen molar-refractivity contribution >= 4 is 17.6 Å². The van der Waals surface area contributed by atoms with Crippen LogP contribution in [0.15, 0.2) is 48.5 Å². The summed E-state index contributed by atoms with van der Waals surface area (Å²) in [7, 11) is 1.56. The van der Waals surface area contributed by atoms with E-state index >= 15 is 0 Å². The van der Waals surface area contributed by atoms with Crippen LogP contribution in [0.5, 0.6) is 5.75 Å². The molecule has 112 valence electrons. The van der Waals surface area contributed by atoms with Crippen LogP contribution in [-0.2, 0) is 15.3 Å². The molecule has 0 saturated carbocycles. The highest BCUT2D eigenvalue weighted by atomic mass is 16.6. The molecule has 3 N–H and O–H groups in total. The van der Waals surface area contributed by atoms with E-state index in [1.165, 1.54) is 0 Å². The van der Waals surface area contributed by atoms with Crippen LogP contribution in [0, 0.1) is 0 Å². The fourth-order valence-electron chi connectivity index (χ4n) is 2.43. The summed E-state index contributed by atoms with van der Waals surface area (Å²) in [6.45, 7) is 0. The van der Waals surface area contributed by atoms with Crippen molar-refractivity contribution in [2.24, 2.45) is 5.73 Å². The van der Waals surface area contributed by atoms with Gasteiger partial charge in [-0.2, -0.15) is 0 Å². The number of hydrogen-bond donors (Lipinski definition) is 2. The van der Waals surface area contributed by atoms with E-state index in [-0.39, 0.29) is 0 Å². The number of nitrogens with one attached hydrogen (secondary N) is 1. The molecular formula is C16H14N2O4. The standard InChI is InChI=1S/C16H14N2O4/c1-21-11-8-6-10(7-9-11)18-16(15(17)20)13-5-3-2-4-12(13)14(19)22-16/h2-9,18H,1H3,(H2,17,20). The molecular weight excluding hydrogens is 284 g/mol. The van der Waals surface area contributed by atoms with Gasteiger partial charge in [0.25, 0.3) is 11.6 Å². The molecule has 0 radical (unpaired) electrons. The molecule has 6 heteroatoms. The Kier molecular flexibility index (Phi) is 3.21. The van der Waals surface area contributed by atoms with Crippen molar-refractivity contribution in [3.8, 4) is 5.75 Å². The van der Waals surface area contributed by atoms with Gasteiger partial charge in [0.05, 0.1) is 12.7 Å². The van der Waals surface area contributed by atoms with Gasteiger partial charge in [-0.3, -0.25) is 4.79 Å². The molecule has 1 aliphatic heterocycles. The topological polar surface area (TPSA) is 90.7 Å². The second-order valence-corrected chi connectivity index (χ2v) is 4.83. The molecule has 22 heavy (non-hydrogen) atoms. The van der Waals surface area contributed by atoms with Gasteiger partial charge in [-0.25, -0.2) is 4.79 Å². The zero-order chi connectivity index (χ0) is 15.7. The van der Waals surface area contributed by atoms with Gasteiger partial charge in [0, 0.05) is 11.3 Å². The number of methoxy groups -OCH3 is 1. The molecule has 1 amide bonds. The number of amides is 1. The third-order valence-corrected chi connectivity index (χ3v) is 3.53. The minimum atomic E-state index is -1.71. The molecule has 0 aromatic heterocycles. The lowest BCUT2D eigenvalue weighted by Crippen LogP contribution is -2.48. The van der Waals surface area contributed by atoms with Gasteiger partial charge in [-0.15, -0.1) is 0 Å². The van der Waals surface area contributed by atoms with E-state index in [2.05, 4.69) is 5.32 Å². The van der Waals surface area contributed by atoms with Gasteiger partial charge >= 0.3 is 5.97 Å². The highest BCUT2D eigenvalue weighted by molar-refractivity contribution is 6.02. The number of anilines is 1.